The Morgan fingerprint density at radius 1 is 1.26 bits per heavy atom. The van der Waals surface area contributed by atoms with Crippen LogP contribution in [0.15, 0.2) is 30.3 Å². The molecule has 0 aromatic heterocycles. The molecule has 23 heavy (non-hydrogen) atoms. The number of likely N-dealkylation sites (tertiary alicyclic amines) is 1. The molecule has 0 bridgehead atoms. The number of halogens is 1. The van der Waals surface area contributed by atoms with E-state index < -0.39 is 0 Å². The van der Waals surface area contributed by atoms with Gasteiger partial charge in [-0.2, -0.15) is 0 Å². The third-order valence-corrected chi connectivity index (χ3v) is 4.28. The van der Waals surface area contributed by atoms with E-state index in [-0.39, 0.29) is 36.8 Å². The highest BCUT2D eigenvalue weighted by Gasteiger charge is 2.24. The smallest absolute Gasteiger partial charge is 0.241 e. The van der Waals surface area contributed by atoms with Crippen molar-refractivity contribution in [3.05, 3.63) is 35.9 Å². The lowest BCUT2D eigenvalue weighted by Gasteiger charge is -2.33. The second-order valence-electron chi connectivity index (χ2n) is 6.02. The topological polar surface area (TPSA) is 75.4 Å². The Morgan fingerprint density at radius 3 is 2.43 bits per heavy atom. The first-order chi connectivity index (χ1) is 10.6. The lowest BCUT2D eigenvalue weighted by Crippen LogP contribution is -2.46. The number of piperidine rings is 1. The molecule has 1 aliphatic rings. The standard InChI is InChI=1S/C17H25N3O2.ClH/c1-13(18)15-7-9-20(10-8-15)17(22)12-19-16(21)11-14-5-3-2-4-6-14;/h2-6,13,15H,7-12,18H2,1H3,(H,19,21);1H. The van der Waals surface area contributed by atoms with Gasteiger partial charge in [0.15, 0.2) is 0 Å². The molecule has 1 atom stereocenters. The first-order valence-corrected chi connectivity index (χ1v) is 7.90. The van der Waals surface area contributed by atoms with Gasteiger partial charge >= 0.3 is 0 Å². The number of nitrogens with one attached hydrogen (secondary N) is 1. The summed E-state index contributed by atoms with van der Waals surface area (Å²) < 4.78 is 0. The van der Waals surface area contributed by atoms with Gasteiger partial charge in [-0.3, -0.25) is 9.59 Å². The number of hydrogen-bond acceptors (Lipinski definition) is 3. The zero-order valence-corrected chi connectivity index (χ0v) is 14.3. The van der Waals surface area contributed by atoms with E-state index >= 15 is 0 Å². The van der Waals surface area contributed by atoms with Crippen LogP contribution in [0, 0.1) is 5.92 Å². The van der Waals surface area contributed by atoms with Gasteiger partial charge in [0, 0.05) is 19.1 Å². The van der Waals surface area contributed by atoms with Crippen LogP contribution in [0.1, 0.15) is 25.3 Å². The number of amides is 2. The minimum atomic E-state index is -0.120. The molecule has 0 saturated carbocycles. The van der Waals surface area contributed by atoms with Crippen LogP contribution in [0.5, 0.6) is 0 Å². The number of rotatable bonds is 5. The zero-order valence-electron chi connectivity index (χ0n) is 13.5. The molecule has 128 valence electrons. The second kappa shape index (κ2) is 9.53. The maximum absolute atomic E-state index is 12.1. The number of nitrogens with zero attached hydrogens (tertiary/aromatic N) is 1. The van der Waals surface area contributed by atoms with Crippen molar-refractivity contribution in [2.24, 2.45) is 11.7 Å². The fourth-order valence-corrected chi connectivity index (χ4v) is 2.80. The first kappa shape index (κ1) is 19.5. The Morgan fingerprint density at radius 2 is 1.87 bits per heavy atom. The molecule has 1 aliphatic heterocycles. The van der Waals surface area contributed by atoms with Gasteiger partial charge in [0.2, 0.25) is 11.8 Å². The Kier molecular flexibility index (Phi) is 8.06. The lowest BCUT2D eigenvalue weighted by molar-refractivity contribution is -0.134. The predicted octanol–water partition coefficient (Wildman–Crippen LogP) is 1.35. The van der Waals surface area contributed by atoms with Crippen LogP contribution in [0.25, 0.3) is 0 Å². The molecule has 1 aromatic carbocycles. The molecule has 2 amide bonds. The molecule has 2 rings (SSSR count). The maximum atomic E-state index is 12.1. The minimum absolute atomic E-state index is 0. The highest BCUT2D eigenvalue weighted by Crippen LogP contribution is 2.19. The van der Waals surface area contributed by atoms with Crippen molar-refractivity contribution in [3.8, 4) is 0 Å². The van der Waals surface area contributed by atoms with E-state index in [1.54, 1.807) is 0 Å². The summed E-state index contributed by atoms with van der Waals surface area (Å²) in [5.74, 6) is 0.367. The van der Waals surface area contributed by atoms with Crippen LogP contribution >= 0.6 is 12.4 Å². The van der Waals surface area contributed by atoms with E-state index in [4.69, 9.17) is 5.73 Å². The monoisotopic (exact) mass is 339 g/mol. The average Bonchev–Trinajstić information content (AvgIpc) is 2.53. The van der Waals surface area contributed by atoms with Crippen molar-refractivity contribution in [2.45, 2.75) is 32.2 Å². The van der Waals surface area contributed by atoms with Gasteiger partial charge in [-0.1, -0.05) is 30.3 Å². The van der Waals surface area contributed by atoms with Crippen molar-refractivity contribution in [1.82, 2.24) is 10.2 Å². The summed E-state index contributed by atoms with van der Waals surface area (Å²) in [5.41, 5.74) is 6.85. The molecule has 1 saturated heterocycles. The molecule has 1 fully saturated rings. The highest BCUT2D eigenvalue weighted by molar-refractivity contribution is 5.86. The fourth-order valence-electron chi connectivity index (χ4n) is 2.80. The summed E-state index contributed by atoms with van der Waals surface area (Å²) in [5, 5.41) is 2.71. The molecular weight excluding hydrogens is 314 g/mol. The Hall–Kier alpha value is -1.59. The molecule has 5 nitrogen and oxygen atoms in total. The van der Waals surface area contributed by atoms with Crippen LogP contribution in [-0.4, -0.2) is 42.4 Å². The van der Waals surface area contributed by atoms with E-state index in [0.29, 0.717) is 12.3 Å². The second-order valence-corrected chi connectivity index (χ2v) is 6.02. The van der Waals surface area contributed by atoms with Gasteiger partial charge in [-0.05, 0) is 31.2 Å². The number of carbonyl (C=O) groups is 2. The van der Waals surface area contributed by atoms with Crippen molar-refractivity contribution in [3.63, 3.8) is 0 Å². The summed E-state index contributed by atoms with van der Waals surface area (Å²) in [6, 6.07) is 9.70. The van der Waals surface area contributed by atoms with Crippen molar-refractivity contribution >= 4 is 24.2 Å². The van der Waals surface area contributed by atoms with Gasteiger partial charge in [-0.25, -0.2) is 0 Å². The third kappa shape index (κ3) is 6.20. The van der Waals surface area contributed by atoms with Crippen molar-refractivity contribution in [2.75, 3.05) is 19.6 Å². The minimum Gasteiger partial charge on any atom is -0.347 e. The summed E-state index contributed by atoms with van der Waals surface area (Å²) >= 11 is 0. The number of nitrogens with two attached hydrogens (primary N) is 1. The van der Waals surface area contributed by atoms with Crippen molar-refractivity contribution in [1.29, 1.82) is 0 Å². The van der Waals surface area contributed by atoms with Gasteiger partial charge in [0.05, 0.1) is 13.0 Å². The summed E-state index contributed by atoms with van der Waals surface area (Å²) in [6.07, 6.45) is 2.20. The fraction of sp³-hybridized carbons (Fsp3) is 0.529. The highest BCUT2D eigenvalue weighted by atomic mass is 35.5. The van der Waals surface area contributed by atoms with E-state index in [1.807, 2.05) is 42.2 Å². The molecular formula is C17H26ClN3O2. The summed E-state index contributed by atoms with van der Waals surface area (Å²) in [4.78, 5) is 25.8. The number of benzene rings is 1. The molecule has 1 aromatic rings. The zero-order chi connectivity index (χ0) is 15.9. The largest absolute Gasteiger partial charge is 0.347 e. The molecule has 3 N–H and O–H groups in total. The average molecular weight is 340 g/mol. The number of carbonyl (C=O) groups excluding carboxylic acids is 2. The van der Waals surface area contributed by atoms with Gasteiger partial charge in [0.1, 0.15) is 0 Å². The van der Waals surface area contributed by atoms with Gasteiger partial charge < -0.3 is 16.0 Å². The summed E-state index contributed by atoms with van der Waals surface area (Å²) in [6.45, 7) is 3.57. The SMILES string of the molecule is CC(N)C1CCN(C(=O)CNC(=O)Cc2ccccc2)CC1.Cl. The lowest BCUT2D eigenvalue weighted by atomic mass is 9.91. The molecule has 0 spiro atoms. The van der Waals surface area contributed by atoms with Crippen LogP contribution in [0.4, 0.5) is 0 Å². The molecule has 1 heterocycles. The third-order valence-electron chi connectivity index (χ3n) is 4.28. The Bertz CT molecular complexity index is 500. The molecule has 6 heteroatoms. The van der Waals surface area contributed by atoms with Gasteiger partial charge in [0.25, 0.3) is 0 Å². The van der Waals surface area contributed by atoms with E-state index in [1.165, 1.54) is 0 Å². The molecule has 1 unspecified atom stereocenters. The molecule has 0 radical (unpaired) electrons. The van der Waals surface area contributed by atoms with E-state index in [2.05, 4.69) is 5.32 Å². The van der Waals surface area contributed by atoms with Crippen LogP contribution < -0.4 is 11.1 Å². The predicted molar refractivity (Wildman–Crippen MR) is 93.4 cm³/mol. The number of hydrogen-bond donors (Lipinski definition) is 2. The quantitative estimate of drug-likeness (QED) is 0.850. The van der Waals surface area contributed by atoms with Crippen LogP contribution in [-0.2, 0) is 16.0 Å². The normalized spacial score (nSPS) is 16.3. The first-order valence-electron chi connectivity index (χ1n) is 7.90. The van der Waals surface area contributed by atoms with E-state index in [9.17, 15) is 9.59 Å². The van der Waals surface area contributed by atoms with Crippen LogP contribution in [0.3, 0.4) is 0 Å². The van der Waals surface area contributed by atoms with Gasteiger partial charge in [-0.15, -0.1) is 12.4 Å². The molecule has 0 aliphatic carbocycles. The van der Waals surface area contributed by atoms with Crippen molar-refractivity contribution < 1.29 is 9.59 Å². The Labute approximate surface area is 144 Å². The summed E-state index contributed by atoms with van der Waals surface area (Å²) in [7, 11) is 0. The van der Waals surface area contributed by atoms with E-state index in [0.717, 1.165) is 31.5 Å². The maximum Gasteiger partial charge on any atom is 0.241 e. The van der Waals surface area contributed by atoms with Crippen LogP contribution in [0.2, 0.25) is 0 Å². The Balaban J connectivity index is 0.00000264.